The van der Waals surface area contributed by atoms with Crippen LogP contribution in [-0.2, 0) is 23.3 Å². The van der Waals surface area contributed by atoms with Crippen LogP contribution in [0.4, 0.5) is 11.4 Å². The molecule has 2 aliphatic carbocycles. The van der Waals surface area contributed by atoms with Gasteiger partial charge in [-0.05, 0) is 0 Å². The molecule has 6 aromatic rings. The van der Waals surface area contributed by atoms with Crippen molar-refractivity contribution >= 4 is 63.5 Å². The van der Waals surface area contributed by atoms with Crippen molar-refractivity contribution in [1.82, 2.24) is 8.97 Å². The number of hydrogen-bond acceptors (Lipinski definition) is 0. The summed E-state index contributed by atoms with van der Waals surface area (Å²) in [7, 11) is 37.0. The molecule has 0 saturated carbocycles. The van der Waals surface area contributed by atoms with Gasteiger partial charge in [-0.2, -0.15) is 0 Å². The number of quaternary nitrogens is 2. The number of rotatable bonds is 13. The Morgan fingerprint density at radius 3 is 1.15 bits per heavy atom. The number of hydrogen-bond donors (Lipinski definition) is 0. The zero-order valence-corrected chi connectivity index (χ0v) is 44.1. The van der Waals surface area contributed by atoms with E-state index in [0.717, 1.165) is 90.6 Å². The van der Waals surface area contributed by atoms with Crippen LogP contribution in [-0.4, -0.2) is 34.1 Å². The fourth-order valence-corrected chi connectivity index (χ4v) is 51.5. The van der Waals surface area contributed by atoms with Crippen LogP contribution in [0.15, 0.2) is 157 Å². The van der Waals surface area contributed by atoms with Gasteiger partial charge in [-0.3, -0.25) is 0 Å². The Hall–Kier alpha value is -3.02. The van der Waals surface area contributed by atoms with E-state index < -0.39 is 23.4 Å². The summed E-state index contributed by atoms with van der Waals surface area (Å²) in [6.07, 6.45) is 6.10. The molecule has 0 amide bonds. The number of allylic oxidation sites excluding steroid dienone is 2. The Bertz CT molecular complexity index is 2570. The van der Waals surface area contributed by atoms with Crippen LogP contribution in [0.5, 0.6) is 0 Å². The average Bonchev–Trinajstić information content (AvgIpc) is 3.86. The Labute approximate surface area is 380 Å². The van der Waals surface area contributed by atoms with E-state index in [0.29, 0.717) is 0 Å². The first-order chi connectivity index (χ1) is 29.2. The third kappa shape index (κ3) is 7.43. The summed E-state index contributed by atoms with van der Waals surface area (Å²) in [6.45, 7) is 10.6. The number of fused-ring (bicyclic) bond motifs is 2. The molecule has 2 aliphatic rings. The molecule has 2 atom stereocenters. The first-order valence-corrected chi connectivity index (χ1v) is 44.9. The topological polar surface area (TPSA) is 0 Å². The van der Waals surface area contributed by atoms with Gasteiger partial charge in [0.1, 0.15) is 0 Å². The van der Waals surface area contributed by atoms with Crippen molar-refractivity contribution in [3.63, 3.8) is 0 Å². The predicted octanol–water partition coefficient (Wildman–Crippen LogP) is 16.3. The molecular formula is C54H61Cl4N2SiZr+2. The Morgan fingerprint density at radius 2 is 0.823 bits per heavy atom. The zero-order chi connectivity index (χ0) is 44.4. The zero-order valence-electron chi connectivity index (χ0n) is 37.5. The standard InChI is InChI=1S/2C26H27N.C2H7Si.4ClH.Zr/c2*1-4-20-17-23-11-8-12-25(26(23)18-20)22-13-15-24(16-14-22)27(2,3)19-21-9-6-5-7-10-21;1-3-2;;;;;/h2*5-18H,4,19H2,1-3H3;3H,1-2H3;4*1H;/q2*+1;;;;;;+4/p-4. The summed E-state index contributed by atoms with van der Waals surface area (Å²) in [6, 6.07) is 52.5. The molecule has 0 radical (unpaired) electrons. The summed E-state index contributed by atoms with van der Waals surface area (Å²) in [4.78, 5) is 0. The maximum atomic E-state index is 8.79. The molecule has 321 valence electrons. The fraction of sp³-hybridized carbons (Fsp3) is 0.259. The van der Waals surface area contributed by atoms with Gasteiger partial charge in [0.25, 0.3) is 0 Å². The molecule has 0 aromatic heterocycles. The van der Waals surface area contributed by atoms with Gasteiger partial charge in [-0.15, -0.1) is 0 Å². The molecule has 0 heterocycles. The van der Waals surface area contributed by atoms with Gasteiger partial charge in [-0.25, -0.2) is 0 Å². The van der Waals surface area contributed by atoms with E-state index in [-0.39, 0.29) is 0 Å². The maximum absolute atomic E-state index is 8.79. The van der Waals surface area contributed by atoms with Gasteiger partial charge in [0.2, 0.25) is 0 Å². The van der Waals surface area contributed by atoms with E-state index in [1.807, 2.05) is 0 Å². The van der Waals surface area contributed by atoms with Crippen molar-refractivity contribution in [2.75, 3.05) is 28.2 Å². The molecule has 2 nitrogen and oxygen atoms in total. The molecule has 6 aromatic carbocycles. The fourth-order valence-electron chi connectivity index (χ4n) is 11.0. The predicted molar refractivity (Wildman–Crippen MR) is 276 cm³/mol. The van der Waals surface area contributed by atoms with E-state index in [4.69, 9.17) is 34.1 Å². The number of nitrogens with zero attached hydrogens (tertiary/aromatic N) is 2. The molecule has 8 rings (SSSR count). The van der Waals surface area contributed by atoms with Crippen LogP contribution in [0.25, 0.3) is 34.4 Å². The molecular weight excluding hydrogens is 938 g/mol. The average molecular weight is 999 g/mol. The molecule has 8 heteroatoms. The van der Waals surface area contributed by atoms with E-state index >= 15 is 0 Å². The third-order valence-electron chi connectivity index (χ3n) is 14.8. The van der Waals surface area contributed by atoms with Crippen LogP contribution >= 0.6 is 34.1 Å². The Morgan fingerprint density at radius 1 is 0.468 bits per heavy atom. The summed E-state index contributed by atoms with van der Waals surface area (Å²) in [5, 5.41) is 0. The van der Waals surface area contributed by atoms with E-state index in [9.17, 15) is 0 Å². The van der Waals surface area contributed by atoms with Crippen molar-refractivity contribution in [1.29, 1.82) is 0 Å². The molecule has 2 unspecified atom stereocenters. The molecule has 0 saturated heterocycles. The van der Waals surface area contributed by atoms with Crippen molar-refractivity contribution in [3.05, 3.63) is 190 Å². The van der Waals surface area contributed by atoms with Crippen LogP contribution in [0.2, 0.25) is 13.1 Å². The quantitative estimate of drug-likeness (QED) is 0.0799. The Kier molecular flexibility index (Phi) is 11.2. The van der Waals surface area contributed by atoms with Crippen LogP contribution in [0.3, 0.4) is 0 Å². The van der Waals surface area contributed by atoms with Crippen molar-refractivity contribution < 1.29 is 10.2 Å². The minimum atomic E-state index is -7.22. The van der Waals surface area contributed by atoms with Gasteiger partial charge in [0.05, 0.1) is 0 Å². The van der Waals surface area contributed by atoms with Crippen molar-refractivity contribution in [2.45, 2.75) is 60.1 Å². The second-order valence-corrected chi connectivity index (χ2v) is 99.6. The van der Waals surface area contributed by atoms with Gasteiger partial charge in [-0.1, -0.05) is 36.4 Å². The Balaban J connectivity index is 1.21. The van der Waals surface area contributed by atoms with E-state index in [1.54, 1.807) is 0 Å². The molecule has 62 heavy (non-hydrogen) atoms. The van der Waals surface area contributed by atoms with Gasteiger partial charge in [0.15, 0.2) is 0 Å². The SMILES string of the molecule is CCC1=Cc2c(-c3ccc([N+](C)(C)Cc4ccccc4)cc3)cccc2[CH]1[Zr]([Cl])([Cl])([Cl])([Cl])([CH]1C(CC)=Cc2c(-c3ccc([N+](C)(C)Cc4ccccc4)cc3)cccc21)[SiH](C)C. The minimum absolute atomic E-state index is 0.524. The normalized spacial score (nSPS) is 18.2. The van der Waals surface area contributed by atoms with Crippen LogP contribution in [0.1, 0.15) is 67.3 Å². The third-order valence-corrected chi connectivity index (χ3v) is 96.8. The van der Waals surface area contributed by atoms with Crippen LogP contribution in [0, 0.1) is 0 Å². The van der Waals surface area contributed by atoms with Gasteiger partial charge in [0, 0.05) is 0 Å². The van der Waals surface area contributed by atoms with Crippen LogP contribution < -0.4 is 8.97 Å². The van der Waals surface area contributed by atoms with E-state index in [2.05, 4.69) is 213 Å². The molecule has 0 bridgehead atoms. The number of halogens is 4. The second kappa shape index (κ2) is 15.3. The molecule has 0 N–H and O–H groups in total. The molecule has 0 spiro atoms. The second-order valence-electron chi connectivity index (χ2n) is 19.8. The first kappa shape index (κ1) is 45.5. The summed E-state index contributed by atoms with van der Waals surface area (Å²) in [5.74, 6) is -2.40. The van der Waals surface area contributed by atoms with Gasteiger partial charge >= 0.3 is 347 Å². The monoisotopic (exact) mass is 995 g/mol. The summed E-state index contributed by atoms with van der Waals surface area (Å²) in [5.41, 5.74) is 16.2. The molecule has 0 aliphatic heterocycles. The molecule has 0 fully saturated rings. The van der Waals surface area contributed by atoms with E-state index in [1.165, 1.54) is 22.5 Å². The van der Waals surface area contributed by atoms with Crippen molar-refractivity contribution in [3.8, 4) is 22.3 Å². The first-order valence-electron chi connectivity index (χ1n) is 22.2. The van der Waals surface area contributed by atoms with Crippen molar-refractivity contribution in [2.24, 2.45) is 0 Å². The number of benzene rings is 6. The summed E-state index contributed by atoms with van der Waals surface area (Å²) >= 11 is 0. The van der Waals surface area contributed by atoms with Gasteiger partial charge < -0.3 is 0 Å². The summed E-state index contributed by atoms with van der Waals surface area (Å²) < 4.78 is 0.431.